The maximum Gasteiger partial charge on any atom is 0.270 e. The first-order valence-electron chi connectivity index (χ1n) is 8.89. The van der Waals surface area contributed by atoms with Crippen LogP contribution < -0.4 is 15.9 Å². The zero-order valence-electron chi connectivity index (χ0n) is 16.2. The lowest BCUT2D eigenvalue weighted by molar-refractivity contribution is -0.385. The molecule has 0 spiro atoms. The Balaban J connectivity index is 1.98. The fraction of sp³-hybridized carbons (Fsp3) is 0.0500. The van der Waals surface area contributed by atoms with E-state index < -0.39 is 14.9 Å². The summed E-state index contributed by atoms with van der Waals surface area (Å²) in [6.45, 7) is 1.72. The second-order valence-corrected chi connectivity index (χ2v) is 8.57. The number of anilines is 3. The lowest BCUT2D eigenvalue weighted by Gasteiger charge is -2.12. The number of non-ortho nitro benzene ring substituents is 1. The Morgan fingerprint density at radius 3 is 2.45 bits per heavy atom. The van der Waals surface area contributed by atoms with Crippen LogP contribution in [0.25, 0.3) is 0 Å². The fourth-order valence-electron chi connectivity index (χ4n) is 2.64. The van der Waals surface area contributed by atoms with Crippen molar-refractivity contribution < 1.29 is 13.3 Å². The van der Waals surface area contributed by atoms with E-state index in [0.717, 1.165) is 11.6 Å². The van der Waals surface area contributed by atoms with Crippen LogP contribution in [0.3, 0.4) is 0 Å². The summed E-state index contributed by atoms with van der Waals surface area (Å²) in [6.07, 6.45) is 0. The topological polar surface area (TPSA) is 140 Å². The molecule has 0 bridgehead atoms. The highest BCUT2D eigenvalue weighted by molar-refractivity contribution is 7.92. The number of nitrogens with two attached hydrogens (primary N) is 1. The van der Waals surface area contributed by atoms with Crippen molar-refractivity contribution in [1.82, 2.24) is 0 Å². The van der Waals surface area contributed by atoms with Gasteiger partial charge in [-0.1, -0.05) is 23.7 Å². The first-order chi connectivity index (χ1) is 14.7. The summed E-state index contributed by atoms with van der Waals surface area (Å²) in [5.74, 6) is 0. The van der Waals surface area contributed by atoms with Gasteiger partial charge in [0.05, 0.1) is 16.3 Å². The van der Waals surface area contributed by atoms with Gasteiger partial charge in [-0.25, -0.2) is 8.42 Å². The van der Waals surface area contributed by atoms with Gasteiger partial charge in [-0.15, -0.1) is 0 Å². The van der Waals surface area contributed by atoms with E-state index in [2.05, 4.69) is 15.2 Å². The molecule has 0 aliphatic rings. The minimum Gasteiger partial charge on any atom is -0.399 e. The third kappa shape index (κ3) is 5.50. The average molecular weight is 460 g/mol. The number of nitro groups is 1. The van der Waals surface area contributed by atoms with Crippen molar-refractivity contribution in [2.75, 3.05) is 15.9 Å². The Labute approximate surface area is 183 Å². The molecule has 0 fully saturated rings. The van der Waals surface area contributed by atoms with Crippen molar-refractivity contribution in [2.24, 2.45) is 5.10 Å². The number of nitrogen functional groups attached to an aromatic ring is 1. The van der Waals surface area contributed by atoms with Crippen LogP contribution in [0.5, 0.6) is 0 Å². The van der Waals surface area contributed by atoms with Crippen LogP contribution in [-0.4, -0.2) is 19.1 Å². The van der Waals surface area contributed by atoms with E-state index in [9.17, 15) is 18.5 Å². The fourth-order valence-corrected chi connectivity index (χ4v) is 4.00. The van der Waals surface area contributed by atoms with Gasteiger partial charge >= 0.3 is 0 Å². The number of hydrazone groups is 1. The van der Waals surface area contributed by atoms with E-state index in [4.69, 9.17) is 17.3 Å². The van der Waals surface area contributed by atoms with Gasteiger partial charge in [0.1, 0.15) is 4.90 Å². The van der Waals surface area contributed by atoms with Gasteiger partial charge in [-0.2, -0.15) is 5.10 Å². The number of sulfonamides is 1. The summed E-state index contributed by atoms with van der Waals surface area (Å²) in [6, 6.07) is 16.4. The van der Waals surface area contributed by atoms with Crippen LogP contribution in [0.1, 0.15) is 12.5 Å². The molecule has 0 aliphatic carbocycles. The highest BCUT2D eigenvalue weighted by Crippen LogP contribution is 2.29. The largest absolute Gasteiger partial charge is 0.399 e. The highest BCUT2D eigenvalue weighted by Gasteiger charge is 2.23. The van der Waals surface area contributed by atoms with Gasteiger partial charge < -0.3 is 5.73 Å². The van der Waals surface area contributed by atoms with Crippen LogP contribution in [-0.2, 0) is 10.0 Å². The van der Waals surface area contributed by atoms with Gasteiger partial charge in [0.25, 0.3) is 15.7 Å². The molecule has 0 heterocycles. The van der Waals surface area contributed by atoms with Gasteiger partial charge in [0, 0.05) is 28.5 Å². The summed E-state index contributed by atoms with van der Waals surface area (Å²) < 4.78 is 28.3. The van der Waals surface area contributed by atoms with Crippen molar-refractivity contribution in [2.45, 2.75) is 11.8 Å². The quantitative estimate of drug-likeness (QED) is 0.206. The predicted molar refractivity (Wildman–Crippen MR) is 122 cm³/mol. The highest BCUT2D eigenvalue weighted by atomic mass is 35.5. The third-order valence-corrected chi connectivity index (χ3v) is 5.88. The summed E-state index contributed by atoms with van der Waals surface area (Å²) in [4.78, 5) is 10.2. The van der Waals surface area contributed by atoms with E-state index in [0.29, 0.717) is 16.4 Å². The van der Waals surface area contributed by atoms with Crippen LogP contribution in [0.2, 0.25) is 5.02 Å². The molecule has 3 rings (SSSR count). The smallest absolute Gasteiger partial charge is 0.270 e. The second-order valence-electron chi connectivity index (χ2n) is 6.48. The van der Waals surface area contributed by atoms with Crippen LogP contribution in [0.4, 0.5) is 22.7 Å². The molecular formula is C20H18ClN5O4S. The second kappa shape index (κ2) is 9.02. The number of nitro benzene ring substituents is 1. The van der Waals surface area contributed by atoms with E-state index >= 15 is 0 Å². The number of halogens is 1. The van der Waals surface area contributed by atoms with Gasteiger partial charge in [0.15, 0.2) is 0 Å². The number of rotatable bonds is 7. The van der Waals surface area contributed by atoms with E-state index in [1.807, 2.05) is 0 Å². The molecule has 0 aromatic heterocycles. The van der Waals surface area contributed by atoms with Crippen molar-refractivity contribution in [3.05, 3.63) is 87.4 Å². The summed E-state index contributed by atoms with van der Waals surface area (Å²) in [5.41, 5.74) is 10.2. The van der Waals surface area contributed by atoms with Crippen molar-refractivity contribution in [3.63, 3.8) is 0 Å². The molecule has 0 saturated carbocycles. The SMILES string of the molecule is C/C(=N\Nc1ccc([N+](=O)[O-])cc1S(=O)(=O)Nc1ccc(Cl)cc1)c1cccc(N)c1. The molecular weight excluding hydrogens is 442 g/mol. The third-order valence-electron chi connectivity index (χ3n) is 4.21. The van der Waals surface area contributed by atoms with E-state index in [1.54, 1.807) is 31.2 Å². The van der Waals surface area contributed by atoms with Crippen molar-refractivity contribution in [3.8, 4) is 0 Å². The van der Waals surface area contributed by atoms with Gasteiger partial charge in [-0.3, -0.25) is 20.3 Å². The van der Waals surface area contributed by atoms with Crippen LogP contribution >= 0.6 is 11.6 Å². The maximum atomic E-state index is 13.0. The maximum absolute atomic E-state index is 13.0. The molecule has 0 atom stereocenters. The van der Waals surface area contributed by atoms with Crippen LogP contribution in [0.15, 0.2) is 76.7 Å². The Kier molecular flexibility index (Phi) is 6.42. The molecule has 3 aromatic rings. The Morgan fingerprint density at radius 2 is 1.81 bits per heavy atom. The Bertz CT molecular complexity index is 1260. The van der Waals surface area contributed by atoms with Gasteiger partial charge in [0.2, 0.25) is 0 Å². The average Bonchev–Trinajstić information content (AvgIpc) is 2.73. The molecule has 9 nitrogen and oxygen atoms in total. The Hall–Kier alpha value is -3.63. The molecule has 4 N–H and O–H groups in total. The zero-order valence-corrected chi connectivity index (χ0v) is 17.8. The number of nitrogens with zero attached hydrogens (tertiary/aromatic N) is 2. The standard InChI is InChI=1S/C20H18ClN5O4S/c1-13(14-3-2-4-16(22)11-14)23-24-19-10-9-18(26(27)28)12-20(19)31(29,30)25-17-7-5-15(21)6-8-17/h2-12,24-25H,22H2,1H3/b23-13+. The van der Waals surface area contributed by atoms with E-state index in [1.165, 1.54) is 36.4 Å². The normalized spacial score (nSPS) is 11.7. The first kappa shape index (κ1) is 22.1. The minimum atomic E-state index is -4.18. The summed E-state index contributed by atoms with van der Waals surface area (Å²) in [7, 11) is -4.18. The molecule has 160 valence electrons. The molecule has 0 saturated heterocycles. The number of nitrogens with one attached hydrogen (secondary N) is 2. The molecule has 3 aromatic carbocycles. The van der Waals surface area contributed by atoms with Crippen LogP contribution in [0, 0.1) is 10.1 Å². The zero-order chi connectivity index (χ0) is 22.6. The number of benzene rings is 3. The Morgan fingerprint density at radius 1 is 1.10 bits per heavy atom. The molecule has 0 amide bonds. The van der Waals surface area contributed by atoms with E-state index in [-0.39, 0.29) is 22.0 Å². The predicted octanol–water partition coefficient (Wildman–Crippen LogP) is 4.47. The summed E-state index contributed by atoms with van der Waals surface area (Å²) >= 11 is 5.83. The molecule has 0 unspecified atom stereocenters. The molecule has 0 aliphatic heterocycles. The lowest BCUT2D eigenvalue weighted by atomic mass is 10.1. The molecule has 0 radical (unpaired) electrons. The molecule has 31 heavy (non-hydrogen) atoms. The van der Waals surface area contributed by atoms with Gasteiger partial charge in [-0.05, 0) is 55.0 Å². The van der Waals surface area contributed by atoms with Crippen molar-refractivity contribution >= 4 is 50.1 Å². The first-order valence-corrected chi connectivity index (χ1v) is 10.7. The monoisotopic (exact) mass is 459 g/mol. The summed E-state index contributed by atoms with van der Waals surface area (Å²) in [5, 5.41) is 15.8. The number of hydrogen-bond donors (Lipinski definition) is 3. The number of hydrogen-bond acceptors (Lipinski definition) is 7. The lowest BCUT2D eigenvalue weighted by Crippen LogP contribution is -2.15. The van der Waals surface area contributed by atoms with Crippen molar-refractivity contribution in [1.29, 1.82) is 0 Å². The minimum absolute atomic E-state index is 0.0651. The molecule has 11 heteroatoms.